The van der Waals surface area contributed by atoms with Gasteiger partial charge in [-0.1, -0.05) is 25.0 Å². The van der Waals surface area contributed by atoms with Gasteiger partial charge in [0, 0.05) is 31.5 Å². The van der Waals surface area contributed by atoms with E-state index in [0.717, 1.165) is 45.3 Å². The number of rotatable bonds is 8. The predicted octanol–water partition coefficient (Wildman–Crippen LogP) is 4.29. The molecule has 41 heavy (non-hydrogen) atoms. The van der Waals surface area contributed by atoms with Crippen molar-refractivity contribution >= 4 is 33.6 Å². The topological polar surface area (TPSA) is 143 Å². The van der Waals surface area contributed by atoms with Crippen molar-refractivity contribution in [3.63, 3.8) is 0 Å². The van der Waals surface area contributed by atoms with E-state index in [-0.39, 0.29) is 18.3 Å². The predicted molar refractivity (Wildman–Crippen MR) is 146 cm³/mol. The number of hydrazine groups is 1. The number of nitriles is 1. The minimum Gasteiger partial charge on any atom is -0.475 e. The molecule has 0 bridgehead atoms. The fourth-order valence-corrected chi connectivity index (χ4v) is 5.18. The number of hydrogen-bond donors (Lipinski definition) is 3. The molecule has 1 aromatic heterocycles. The van der Waals surface area contributed by atoms with Crippen LogP contribution in [0.25, 0.3) is 0 Å². The standard InChI is InChI=1S/C25H31BrN6O2.C2HF3O2/c26-22-14-28-23(13-27)29-24(22)32(16-18-3-1-2-4-18)30-25(34)21-7-5-19(6-8-21)15-31-11-9-20(17-33)10-12-31;3-2(4,5)1(6)7/h5-8,14,18,20,33H,1-4,9-12,15-17H2,(H,30,34);(H,6,7). The van der Waals surface area contributed by atoms with Crippen LogP contribution < -0.4 is 10.4 Å². The Morgan fingerprint density at radius 1 is 1.12 bits per heavy atom. The van der Waals surface area contributed by atoms with E-state index in [1.165, 1.54) is 18.4 Å². The van der Waals surface area contributed by atoms with E-state index in [0.29, 0.717) is 34.2 Å². The smallest absolute Gasteiger partial charge is 0.475 e. The molecule has 1 aromatic carbocycles. The molecule has 0 radical (unpaired) electrons. The van der Waals surface area contributed by atoms with Crippen LogP contribution in [0, 0.1) is 23.2 Å². The Hall–Kier alpha value is -3.28. The molecule has 2 aliphatic rings. The highest BCUT2D eigenvalue weighted by atomic mass is 79.9. The zero-order chi connectivity index (χ0) is 30.0. The second-order valence-electron chi connectivity index (χ2n) is 10.1. The first-order chi connectivity index (χ1) is 19.5. The molecule has 2 aromatic rings. The molecule has 1 saturated heterocycles. The van der Waals surface area contributed by atoms with Crippen molar-refractivity contribution in [2.45, 2.75) is 51.2 Å². The van der Waals surface area contributed by atoms with Gasteiger partial charge < -0.3 is 10.2 Å². The molecule has 0 spiro atoms. The van der Waals surface area contributed by atoms with E-state index in [1.54, 1.807) is 11.2 Å². The molecule has 4 rings (SSSR count). The molecule has 0 atom stereocenters. The molecule has 1 aliphatic heterocycles. The van der Waals surface area contributed by atoms with Crippen LogP contribution in [0.1, 0.15) is 60.3 Å². The number of carbonyl (C=O) groups excluding carboxylic acids is 1. The van der Waals surface area contributed by atoms with Gasteiger partial charge >= 0.3 is 12.1 Å². The quantitative estimate of drug-likeness (QED) is 0.360. The molecule has 0 unspecified atom stereocenters. The Morgan fingerprint density at radius 3 is 2.27 bits per heavy atom. The van der Waals surface area contributed by atoms with Crippen molar-refractivity contribution in [3.05, 3.63) is 51.9 Å². The number of amides is 1. The lowest BCUT2D eigenvalue weighted by atomic mass is 9.97. The highest BCUT2D eigenvalue weighted by Crippen LogP contribution is 2.29. The summed E-state index contributed by atoms with van der Waals surface area (Å²) in [5, 5.41) is 27.4. The fraction of sp³-hybridized carbons (Fsp3) is 0.519. The number of carboxylic acids is 1. The first kappa shape index (κ1) is 32.2. The van der Waals surface area contributed by atoms with E-state index < -0.39 is 12.1 Å². The second kappa shape index (κ2) is 15.1. The second-order valence-corrected chi connectivity index (χ2v) is 10.9. The number of carbonyl (C=O) groups is 2. The van der Waals surface area contributed by atoms with Gasteiger partial charge in [-0.15, -0.1) is 0 Å². The maximum atomic E-state index is 13.1. The Labute approximate surface area is 244 Å². The minimum absolute atomic E-state index is 0.0660. The molecule has 2 heterocycles. The third-order valence-electron chi connectivity index (χ3n) is 7.06. The zero-order valence-corrected chi connectivity index (χ0v) is 23.9. The number of aliphatic hydroxyl groups excluding tert-OH is 1. The van der Waals surface area contributed by atoms with Crippen LogP contribution in [0.15, 0.2) is 34.9 Å². The SMILES string of the molecule is N#Cc1ncc(Br)c(N(CC2CCCC2)NC(=O)c2ccc(CN3CCC(CO)CC3)cc2)n1.O=C(O)C(F)(F)F. The minimum atomic E-state index is -5.08. The lowest BCUT2D eigenvalue weighted by molar-refractivity contribution is -0.192. The average Bonchev–Trinajstić information content (AvgIpc) is 3.47. The number of aliphatic hydroxyl groups is 1. The molecule has 1 amide bonds. The molecule has 14 heteroatoms. The first-order valence-electron chi connectivity index (χ1n) is 13.2. The summed E-state index contributed by atoms with van der Waals surface area (Å²) >= 11 is 3.47. The van der Waals surface area contributed by atoms with Gasteiger partial charge in [0.05, 0.1) is 4.47 Å². The molecule has 2 fully saturated rings. The number of nitrogens with one attached hydrogen (secondary N) is 1. The van der Waals surface area contributed by atoms with Gasteiger partial charge in [-0.25, -0.2) is 9.78 Å². The van der Waals surface area contributed by atoms with Crippen LogP contribution in [0.4, 0.5) is 19.0 Å². The fourth-order valence-electron chi connectivity index (χ4n) is 4.77. The van der Waals surface area contributed by atoms with Gasteiger partial charge in [-0.2, -0.15) is 23.4 Å². The van der Waals surface area contributed by atoms with Crippen molar-refractivity contribution < 1.29 is 33.0 Å². The Kier molecular flexibility index (Phi) is 11.9. The van der Waals surface area contributed by atoms with Crippen molar-refractivity contribution in [1.29, 1.82) is 5.26 Å². The van der Waals surface area contributed by atoms with E-state index >= 15 is 0 Å². The summed E-state index contributed by atoms with van der Waals surface area (Å²) in [7, 11) is 0. The Balaban J connectivity index is 0.000000587. The summed E-state index contributed by atoms with van der Waals surface area (Å²) in [6, 6.07) is 9.69. The van der Waals surface area contributed by atoms with Crippen molar-refractivity contribution in [2.75, 3.05) is 31.3 Å². The maximum Gasteiger partial charge on any atom is 0.490 e. The maximum absolute atomic E-state index is 13.1. The third-order valence-corrected chi connectivity index (χ3v) is 7.62. The molecule has 1 saturated carbocycles. The van der Waals surface area contributed by atoms with Crippen LogP contribution in [-0.2, 0) is 11.3 Å². The number of hydrogen-bond acceptors (Lipinski definition) is 8. The van der Waals surface area contributed by atoms with Crippen molar-refractivity contribution in [1.82, 2.24) is 20.3 Å². The number of benzene rings is 1. The summed E-state index contributed by atoms with van der Waals surface area (Å²) in [4.78, 5) is 32.8. The van der Waals surface area contributed by atoms with Crippen molar-refractivity contribution in [3.8, 4) is 6.07 Å². The van der Waals surface area contributed by atoms with Gasteiger partial charge in [0.25, 0.3) is 5.91 Å². The zero-order valence-electron chi connectivity index (χ0n) is 22.3. The van der Waals surface area contributed by atoms with Crippen molar-refractivity contribution in [2.24, 2.45) is 11.8 Å². The molecule has 3 N–H and O–H groups in total. The van der Waals surface area contributed by atoms with E-state index in [2.05, 4.69) is 36.2 Å². The van der Waals surface area contributed by atoms with Crippen LogP contribution in [-0.4, -0.2) is 69.4 Å². The largest absolute Gasteiger partial charge is 0.490 e. The van der Waals surface area contributed by atoms with E-state index in [4.69, 9.17) is 9.90 Å². The number of likely N-dealkylation sites (tertiary alicyclic amines) is 1. The Morgan fingerprint density at radius 2 is 1.73 bits per heavy atom. The van der Waals surface area contributed by atoms with Gasteiger partial charge in [0.2, 0.25) is 5.82 Å². The van der Waals surface area contributed by atoms with Gasteiger partial charge in [-0.05, 0) is 84.2 Å². The highest BCUT2D eigenvalue weighted by Gasteiger charge is 2.38. The lowest BCUT2D eigenvalue weighted by Gasteiger charge is -2.31. The molecule has 10 nitrogen and oxygen atoms in total. The molecule has 1 aliphatic carbocycles. The Bertz CT molecular complexity index is 1210. The average molecular weight is 641 g/mol. The van der Waals surface area contributed by atoms with Crippen LogP contribution >= 0.6 is 15.9 Å². The van der Waals surface area contributed by atoms with Gasteiger partial charge in [-0.3, -0.25) is 20.1 Å². The lowest BCUT2D eigenvalue weighted by Crippen LogP contribution is -2.45. The summed E-state index contributed by atoms with van der Waals surface area (Å²) in [6.45, 7) is 3.73. The monoisotopic (exact) mass is 640 g/mol. The summed E-state index contributed by atoms with van der Waals surface area (Å²) in [6.07, 6.45) is 3.14. The van der Waals surface area contributed by atoms with Gasteiger partial charge in [0.1, 0.15) is 6.07 Å². The number of halogens is 4. The highest BCUT2D eigenvalue weighted by molar-refractivity contribution is 9.10. The van der Waals surface area contributed by atoms with Crippen LogP contribution in [0.2, 0.25) is 0 Å². The van der Waals surface area contributed by atoms with Crippen LogP contribution in [0.5, 0.6) is 0 Å². The summed E-state index contributed by atoms with van der Waals surface area (Å²) in [5.41, 5.74) is 4.75. The number of anilines is 1. The third kappa shape index (κ3) is 9.94. The number of piperidine rings is 1. The van der Waals surface area contributed by atoms with Crippen LogP contribution in [0.3, 0.4) is 0 Å². The van der Waals surface area contributed by atoms with E-state index in [1.807, 2.05) is 30.3 Å². The van der Waals surface area contributed by atoms with E-state index in [9.17, 15) is 28.3 Å². The number of nitrogens with zero attached hydrogens (tertiary/aromatic N) is 5. The number of aliphatic carboxylic acids is 1. The molecule has 222 valence electrons. The summed E-state index contributed by atoms with van der Waals surface area (Å²) < 4.78 is 32.4. The number of aromatic nitrogens is 2. The number of alkyl halides is 3. The van der Waals surface area contributed by atoms with Gasteiger partial charge in [0.15, 0.2) is 5.82 Å². The normalized spacial score (nSPS) is 16.4. The summed E-state index contributed by atoms with van der Waals surface area (Å²) in [5.74, 6) is -1.52. The number of carboxylic acid groups (broad SMARTS) is 1. The molecular formula is C27H32BrF3N6O4. The molecular weight excluding hydrogens is 609 g/mol. The first-order valence-corrected chi connectivity index (χ1v) is 14.0.